The number of rotatable bonds is 6. The van der Waals surface area contributed by atoms with Crippen molar-refractivity contribution in [1.82, 2.24) is 4.72 Å². The maximum atomic E-state index is 12.2. The molecule has 6 nitrogen and oxygen atoms in total. The molecule has 1 atom stereocenters. The van der Waals surface area contributed by atoms with Crippen LogP contribution in [-0.4, -0.2) is 40.8 Å². The maximum Gasteiger partial charge on any atom is 0.242 e. The lowest BCUT2D eigenvalue weighted by atomic mass is 10.3. The van der Waals surface area contributed by atoms with Gasteiger partial charge in [0.15, 0.2) is 9.84 Å². The predicted octanol–water partition coefficient (Wildman–Crippen LogP) is 0.793. The lowest BCUT2D eigenvalue weighted by Crippen LogP contribution is -2.37. The molecule has 0 saturated heterocycles. The lowest BCUT2D eigenvalue weighted by Gasteiger charge is -2.15. The largest absolute Gasteiger partial charge is 0.395 e. The Morgan fingerprint density at radius 1 is 1.30 bits per heavy atom. The molecule has 0 radical (unpaired) electrons. The van der Waals surface area contributed by atoms with Crippen molar-refractivity contribution in [2.45, 2.75) is 29.2 Å². The first-order chi connectivity index (χ1) is 9.11. The molecule has 0 bridgehead atoms. The van der Waals surface area contributed by atoms with Crippen molar-refractivity contribution in [3.8, 4) is 0 Å². The predicted molar refractivity (Wildman–Crippen MR) is 76.0 cm³/mol. The fraction of sp³-hybridized carbons (Fsp3) is 0.455. The first-order valence-corrected chi connectivity index (χ1v) is 9.50. The summed E-state index contributed by atoms with van der Waals surface area (Å²) in [6, 6.07) is 2.80. The molecule has 114 valence electrons. The summed E-state index contributed by atoms with van der Waals surface area (Å²) in [7, 11) is -7.55. The van der Waals surface area contributed by atoms with Crippen LogP contribution < -0.4 is 4.72 Å². The Kier molecular flexibility index (Phi) is 5.56. The fourth-order valence-electron chi connectivity index (χ4n) is 1.45. The lowest BCUT2D eigenvalue weighted by molar-refractivity contribution is 0.254. The molecule has 0 amide bonds. The third-order valence-corrected chi connectivity index (χ3v) is 5.77. The molecular formula is C11H16ClNO5S2. The molecule has 0 aliphatic heterocycles. The fourth-order valence-corrected chi connectivity index (χ4v) is 4.01. The van der Waals surface area contributed by atoms with Gasteiger partial charge in [-0.1, -0.05) is 18.5 Å². The average Bonchev–Trinajstić information content (AvgIpc) is 2.34. The molecule has 9 heteroatoms. The molecule has 0 spiro atoms. The van der Waals surface area contributed by atoms with Crippen LogP contribution in [0.2, 0.25) is 5.02 Å². The molecule has 1 aromatic rings. The summed E-state index contributed by atoms with van der Waals surface area (Å²) >= 11 is 5.82. The second kappa shape index (κ2) is 6.40. The minimum Gasteiger partial charge on any atom is -0.395 e. The van der Waals surface area contributed by atoms with Crippen molar-refractivity contribution < 1.29 is 21.9 Å². The van der Waals surface area contributed by atoms with E-state index < -0.39 is 25.9 Å². The number of benzene rings is 1. The van der Waals surface area contributed by atoms with E-state index in [2.05, 4.69) is 4.72 Å². The smallest absolute Gasteiger partial charge is 0.242 e. The van der Waals surface area contributed by atoms with E-state index in [0.29, 0.717) is 6.42 Å². The summed E-state index contributed by atoms with van der Waals surface area (Å²) in [5.41, 5.74) is 0. The summed E-state index contributed by atoms with van der Waals surface area (Å²) in [4.78, 5) is -0.465. The Bertz CT molecular complexity index is 681. The van der Waals surface area contributed by atoms with E-state index >= 15 is 0 Å². The molecule has 1 aromatic carbocycles. The summed E-state index contributed by atoms with van der Waals surface area (Å²) in [6.07, 6.45) is 1.36. The monoisotopic (exact) mass is 341 g/mol. The number of hydrogen-bond donors (Lipinski definition) is 2. The number of hydrogen-bond acceptors (Lipinski definition) is 5. The van der Waals surface area contributed by atoms with Crippen LogP contribution in [-0.2, 0) is 19.9 Å². The summed E-state index contributed by atoms with van der Waals surface area (Å²) in [5.74, 6) is 0. The molecule has 20 heavy (non-hydrogen) atoms. The molecule has 0 aromatic heterocycles. The Morgan fingerprint density at radius 2 is 1.90 bits per heavy atom. The van der Waals surface area contributed by atoms with Crippen molar-refractivity contribution in [2.24, 2.45) is 0 Å². The highest BCUT2D eigenvalue weighted by molar-refractivity contribution is 7.91. The first kappa shape index (κ1) is 17.4. The molecule has 0 aliphatic rings. The quantitative estimate of drug-likeness (QED) is 0.796. The van der Waals surface area contributed by atoms with Crippen molar-refractivity contribution in [1.29, 1.82) is 0 Å². The van der Waals surface area contributed by atoms with Gasteiger partial charge < -0.3 is 5.11 Å². The van der Waals surface area contributed by atoms with Gasteiger partial charge in [-0.25, -0.2) is 21.6 Å². The third-order valence-electron chi connectivity index (χ3n) is 2.66. The van der Waals surface area contributed by atoms with Crippen molar-refractivity contribution >= 4 is 31.5 Å². The van der Waals surface area contributed by atoms with Crippen molar-refractivity contribution in [2.75, 3.05) is 12.9 Å². The van der Waals surface area contributed by atoms with E-state index in [4.69, 9.17) is 16.7 Å². The van der Waals surface area contributed by atoms with Gasteiger partial charge in [-0.15, -0.1) is 0 Å². The number of sulfonamides is 1. The van der Waals surface area contributed by atoms with Crippen LogP contribution in [0.5, 0.6) is 0 Å². The van der Waals surface area contributed by atoms with Gasteiger partial charge >= 0.3 is 0 Å². The Morgan fingerprint density at radius 3 is 2.35 bits per heavy atom. The van der Waals surface area contributed by atoms with Gasteiger partial charge in [0.2, 0.25) is 10.0 Å². The summed E-state index contributed by atoms with van der Waals surface area (Å²) < 4.78 is 49.5. The van der Waals surface area contributed by atoms with Gasteiger partial charge in [0.05, 0.1) is 16.5 Å². The number of halogens is 1. The van der Waals surface area contributed by atoms with Crippen LogP contribution in [0.3, 0.4) is 0 Å². The van der Waals surface area contributed by atoms with E-state index in [1.54, 1.807) is 6.92 Å². The van der Waals surface area contributed by atoms with Crippen LogP contribution in [0.25, 0.3) is 0 Å². The number of nitrogens with one attached hydrogen (secondary N) is 1. The normalized spacial score (nSPS) is 14.2. The van der Waals surface area contributed by atoms with Crippen LogP contribution in [0.15, 0.2) is 28.0 Å². The molecule has 0 aliphatic carbocycles. The van der Waals surface area contributed by atoms with Crippen molar-refractivity contribution in [3.05, 3.63) is 23.2 Å². The van der Waals surface area contributed by atoms with Gasteiger partial charge in [0.25, 0.3) is 0 Å². The zero-order chi connectivity index (χ0) is 15.6. The molecule has 0 heterocycles. The van der Waals surface area contributed by atoms with E-state index in [1.165, 1.54) is 12.1 Å². The average molecular weight is 342 g/mol. The SMILES string of the molecule is CC[C@@H](CO)NS(=O)(=O)c1cc(S(C)(=O)=O)ccc1Cl. The molecule has 0 fully saturated rings. The van der Waals surface area contributed by atoms with Crippen LogP contribution in [0.1, 0.15) is 13.3 Å². The van der Waals surface area contributed by atoms with Crippen molar-refractivity contribution in [3.63, 3.8) is 0 Å². The summed E-state index contributed by atoms with van der Waals surface area (Å²) in [5, 5.41) is 8.95. The minimum absolute atomic E-state index is 0.0855. The second-order valence-corrected chi connectivity index (χ2v) is 8.38. The second-order valence-electron chi connectivity index (χ2n) is 4.27. The topological polar surface area (TPSA) is 101 Å². The van der Waals surface area contributed by atoms with E-state index in [-0.39, 0.29) is 21.4 Å². The maximum absolute atomic E-state index is 12.2. The highest BCUT2D eigenvalue weighted by Gasteiger charge is 2.23. The van der Waals surface area contributed by atoms with Gasteiger partial charge in [0.1, 0.15) is 4.90 Å². The molecule has 2 N–H and O–H groups in total. The van der Waals surface area contributed by atoms with Crippen LogP contribution >= 0.6 is 11.6 Å². The van der Waals surface area contributed by atoms with Gasteiger partial charge in [-0.2, -0.15) is 0 Å². The minimum atomic E-state index is -4.00. The first-order valence-electron chi connectivity index (χ1n) is 5.74. The van der Waals surface area contributed by atoms with E-state index in [1.807, 2.05) is 0 Å². The Labute approximate surface area is 123 Å². The molecule has 0 saturated carbocycles. The third kappa shape index (κ3) is 4.16. The zero-order valence-electron chi connectivity index (χ0n) is 11.0. The highest BCUT2D eigenvalue weighted by atomic mass is 35.5. The van der Waals surface area contributed by atoms with Gasteiger partial charge in [0, 0.05) is 12.3 Å². The van der Waals surface area contributed by atoms with E-state index in [0.717, 1.165) is 12.3 Å². The molecular weight excluding hydrogens is 326 g/mol. The number of aliphatic hydroxyl groups excluding tert-OH is 1. The van der Waals surface area contributed by atoms with Crippen LogP contribution in [0.4, 0.5) is 0 Å². The summed E-state index contributed by atoms with van der Waals surface area (Å²) in [6.45, 7) is 1.34. The number of sulfone groups is 1. The zero-order valence-corrected chi connectivity index (χ0v) is 13.4. The van der Waals surface area contributed by atoms with E-state index in [9.17, 15) is 16.8 Å². The van der Waals surface area contributed by atoms with Gasteiger partial charge in [-0.05, 0) is 24.6 Å². The molecule has 0 unspecified atom stereocenters. The number of aliphatic hydroxyl groups is 1. The molecule has 1 rings (SSSR count). The van der Waals surface area contributed by atoms with Gasteiger partial charge in [-0.3, -0.25) is 0 Å². The Balaban J connectivity index is 3.31. The van der Waals surface area contributed by atoms with Crippen LogP contribution in [0, 0.1) is 0 Å². The highest BCUT2D eigenvalue weighted by Crippen LogP contribution is 2.25. The standard InChI is InChI=1S/C11H16ClNO5S2/c1-3-8(7-14)13-20(17,18)11-6-9(19(2,15)16)4-5-10(11)12/h4-6,8,13-14H,3,7H2,1-2H3/t8-/m0/s1. The Hall–Kier alpha value is -0.670.